The Hall–Kier alpha value is 1.02. The summed E-state index contributed by atoms with van der Waals surface area (Å²) in [5, 5.41) is 3.70. The van der Waals surface area contributed by atoms with Gasteiger partial charge in [-0.1, -0.05) is 84.0 Å². The van der Waals surface area contributed by atoms with Gasteiger partial charge in [-0.05, 0) is 6.42 Å². The SMILES string of the molecule is CCCCCCCCCCCCCCCC(=O)OS(=O)(=O)CC[N-]C.[K+]. The third-order valence-electron chi connectivity index (χ3n) is 4.27. The summed E-state index contributed by atoms with van der Waals surface area (Å²) in [7, 11) is -2.22. The molecule has 0 N–H and O–H groups in total. The average molecular weight is 416 g/mol. The van der Waals surface area contributed by atoms with Gasteiger partial charge in [0.2, 0.25) is 0 Å². The van der Waals surface area contributed by atoms with Crippen molar-refractivity contribution in [3.8, 4) is 0 Å². The minimum Gasteiger partial charge on any atom is -0.664 e. The van der Waals surface area contributed by atoms with Gasteiger partial charge in [0.05, 0.1) is 5.75 Å². The molecule has 7 heteroatoms. The first-order chi connectivity index (χ1) is 12.0. The standard InChI is InChI=1S/C19H38NO4S.K/c1-3-4-5-6-7-8-9-10-11-12-13-14-15-16-19(21)24-25(22,23)18-17-20-2;/h3-18H2,1-2H3;/q-1;+1. The molecule has 0 aromatic carbocycles. The van der Waals surface area contributed by atoms with Crippen LogP contribution in [0.1, 0.15) is 96.8 Å². The van der Waals surface area contributed by atoms with Gasteiger partial charge in [-0.15, -0.1) is 6.54 Å². The van der Waals surface area contributed by atoms with Gasteiger partial charge in [-0.3, -0.25) is 4.79 Å². The summed E-state index contributed by atoms with van der Waals surface area (Å²) in [4.78, 5) is 11.5. The Bertz CT molecular complexity index is 416. The van der Waals surface area contributed by atoms with Crippen molar-refractivity contribution in [3.05, 3.63) is 5.32 Å². The van der Waals surface area contributed by atoms with Gasteiger partial charge in [0.25, 0.3) is 0 Å². The molecule has 0 amide bonds. The van der Waals surface area contributed by atoms with Crippen molar-refractivity contribution in [1.29, 1.82) is 0 Å². The molecule has 0 aliphatic heterocycles. The smallest absolute Gasteiger partial charge is 0.664 e. The van der Waals surface area contributed by atoms with Crippen LogP contribution in [0.3, 0.4) is 0 Å². The minimum absolute atomic E-state index is 0. The van der Waals surface area contributed by atoms with Crippen molar-refractivity contribution in [3.63, 3.8) is 0 Å². The molecule has 0 rings (SSSR count). The summed E-state index contributed by atoms with van der Waals surface area (Å²) in [6, 6.07) is 0. The van der Waals surface area contributed by atoms with Crippen LogP contribution in [-0.2, 0) is 19.1 Å². The van der Waals surface area contributed by atoms with E-state index in [0.717, 1.165) is 12.8 Å². The Labute approximate surface area is 204 Å². The zero-order valence-corrected chi connectivity index (χ0v) is 21.2. The number of carbonyl (C=O) groups excluding carboxylic acids is 1. The van der Waals surface area contributed by atoms with Crippen LogP contribution in [0.25, 0.3) is 5.32 Å². The third kappa shape index (κ3) is 21.3. The van der Waals surface area contributed by atoms with Crippen LogP contribution in [0.4, 0.5) is 0 Å². The van der Waals surface area contributed by atoms with Crippen LogP contribution >= 0.6 is 0 Å². The Morgan fingerprint density at radius 3 is 1.65 bits per heavy atom. The van der Waals surface area contributed by atoms with E-state index >= 15 is 0 Å². The van der Waals surface area contributed by atoms with Crippen LogP contribution in [0.15, 0.2) is 0 Å². The Morgan fingerprint density at radius 2 is 1.23 bits per heavy atom. The van der Waals surface area contributed by atoms with Crippen molar-refractivity contribution in [2.24, 2.45) is 0 Å². The second-order valence-electron chi connectivity index (χ2n) is 6.75. The predicted molar refractivity (Wildman–Crippen MR) is 104 cm³/mol. The van der Waals surface area contributed by atoms with Crippen LogP contribution in [0, 0.1) is 0 Å². The summed E-state index contributed by atoms with van der Waals surface area (Å²) < 4.78 is 27.4. The molecule has 0 saturated carbocycles. The summed E-state index contributed by atoms with van der Waals surface area (Å²) in [6.45, 7) is 2.41. The van der Waals surface area contributed by atoms with Crippen molar-refractivity contribution in [2.75, 3.05) is 19.3 Å². The van der Waals surface area contributed by atoms with E-state index in [1.54, 1.807) is 0 Å². The van der Waals surface area contributed by atoms with E-state index in [2.05, 4.69) is 16.4 Å². The zero-order chi connectivity index (χ0) is 18.8. The van der Waals surface area contributed by atoms with Gasteiger partial charge in [-0.25, -0.2) is 0 Å². The van der Waals surface area contributed by atoms with Crippen LogP contribution in [0.5, 0.6) is 0 Å². The van der Waals surface area contributed by atoms with Gasteiger partial charge in [0.15, 0.2) is 0 Å². The topological polar surface area (TPSA) is 74.5 Å². The Balaban J connectivity index is 0. The van der Waals surface area contributed by atoms with Gasteiger partial charge >= 0.3 is 67.5 Å². The molecule has 26 heavy (non-hydrogen) atoms. The first kappa shape index (κ1) is 29.2. The predicted octanol–water partition coefficient (Wildman–Crippen LogP) is 2.35. The number of unbranched alkanes of at least 4 members (excludes halogenated alkanes) is 12. The number of carbonyl (C=O) groups is 1. The molecule has 0 bridgehead atoms. The van der Waals surface area contributed by atoms with Gasteiger partial charge in [-0.2, -0.15) is 15.5 Å². The van der Waals surface area contributed by atoms with Crippen LogP contribution in [0.2, 0.25) is 0 Å². The van der Waals surface area contributed by atoms with E-state index in [1.165, 1.54) is 71.3 Å². The molecule has 0 aromatic rings. The molecule has 150 valence electrons. The first-order valence-electron chi connectivity index (χ1n) is 10.0. The molecule has 0 unspecified atom stereocenters. The molecule has 0 aliphatic rings. The summed E-state index contributed by atoms with van der Waals surface area (Å²) in [5.41, 5.74) is 0. The molecule has 0 fully saturated rings. The molecule has 0 radical (unpaired) electrons. The fourth-order valence-corrected chi connectivity index (χ4v) is 3.57. The monoisotopic (exact) mass is 415 g/mol. The fraction of sp³-hybridized carbons (Fsp3) is 0.947. The number of rotatable bonds is 18. The number of hydrogen-bond donors (Lipinski definition) is 0. The van der Waals surface area contributed by atoms with Crippen molar-refractivity contribution in [2.45, 2.75) is 96.8 Å². The summed E-state index contributed by atoms with van der Waals surface area (Å²) in [5.74, 6) is -0.868. The number of nitrogens with zero attached hydrogens (tertiary/aromatic N) is 1. The molecule has 5 nitrogen and oxygen atoms in total. The van der Waals surface area contributed by atoms with Crippen molar-refractivity contribution >= 4 is 16.1 Å². The number of hydrogen-bond acceptors (Lipinski definition) is 4. The maximum Gasteiger partial charge on any atom is 1.00 e. The molecule has 0 atom stereocenters. The molecular weight excluding hydrogens is 377 g/mol. The second kappa shape index (κ2) is 20.7. The normalized spacial score (nSPS) is 11.2. The third-order valence-corrected chi connectivity index (χ3v) is 5.39. The van der Waals surface area contributed by atoms with Gasteiger partial charge in [0.1, 0.15) is 0 Å². The maximum atomic E-state index is 11.5. The van der Waals surface area contributed by atoms with Crippen molar-refractivity contribution < 1.29 is 68.8 Å². The van der Waals surface area contributed by atoms with E-state index in [0.29, 0.717) is 6.42 Å². The average Bonchev–Trinajstić information content (AvgIpc) is 2.57. The van der Waals surface area contributed by atoms with Crippen molar-refractivity contribution in [1.82, 2.24) is 0 Å². The summed E-state index contributed by atoms with van der Waals surface area (Å²) >= 11 is 0. The van der Waals surface area contributed by atoms with Gasteiger partial charge < -0.3 is 9.50 Å². The molecule has 0 aromatic heterocycles. The van der Waals surface area contributed by atoms with E-state index < -0.39 is 16.1 Å². The molecule has 0 spiro atoms. The van der Waals surface area contributed by atoms with E-state index in [4.69, 9.17) is 0 Å². The minimum atomic E-state index is -3.75. The maximum absolute atomic E-state index is 11.5. The molecular formula is C19H38KNO4S. The fourth-order valence-electron chi connectivity index (χ4n) is 2.72. The van der Waals surface area contributed by atoms with E-state index in [9.17, 15) is 13.2 Å². The summed E-state index contributed by atoms with van der Waals surface area (Å²) in [6.07, 6.45) is 16.2. The van der Waals surface area contributed by atoms with Crippen LogP contribution in [-0.4, -0.2) is 33.7 Å². The molecule has 0 heterocycles. The molecule has 0 aliphatic carbocycles. The Kier molecular flexibility index (Phi) is 23.3. The molecule has 0 saturated heterocycles. The largest absolute Gasteiger partial charge is 1.00 e. The Morgan fingerprint density at radius 1 is 0.808 bits per heavy atom. The zero-order valence-electron chi connectivity index (χ0n) is 17.3. The van der Waals surface area contributed by atoms with Crippen LogP contribution < -0.4 is 51.4 Å². The van der Waals surface area contributed by atoms with E-state index in [1.807, 2.05) is 0 Å². The first-order valence-corrected chi connectivity index (χ1v) is 11.6. The van der Waals surface area contributed by atoms with E-state index in [-0.39, 0.29) is 70.1 Å². The second-order valence-corrected chi connectivity index (χ2v) is 8.44. The quantitative estimate of drug-likeness (QED) is 0.196. The van der Waals surface area contributed by atoms with Gasteiger partial charge in [0, 0.05) is 6.42 Å².